The number of rotatable bonds is 6. The zero-order chi connectivity index (χ0) is 12.0. The fourth-order valence-corrected chi connectivity index (χ4v) is 2.00. The van der Waals surface area contributed by atoms with E-state index >= 15 is 0 Å². The van der Waals surface area contributed by atoms with Crippen LogP contribution in [0.4, 0.5) is 0 Å². The average Bonchev–Trinajstić information content (AvgIpc) is 2.27. The van der Waals surface area contributed by atoms with Crippen molar-refractivity contribution in [2.45, 2.75) is 26.3 Å². The summed E-state index contributed by atoms with van der Waals surface area (Å²) in [4.78, 5) is 4.20. The van der Waals surface area contributed by atoms with E-state index in [1.807, 2.05) is 19.4 Å². The number of nitrogens with zero attached hydrogens (tertiary/aromatic N) is 1. The van der Waals surface area contributed by atoms with Gasteiger partial charge in [0.15, 0.2) is 0 Å². The number of hydrogen-bond acceptors (Lipinski definition) is 3. The van der Waals surface area contributed by atoms with Crippen molar-refractivity contribution in [3.63, 3.8) is 0 Å². The maximum absolute atomic E-state index is 5.17. The quantitative estimate of drug-likeness (QED) is 0.802. The second kappa shape index (κ2) is 6.61. The first kappa shape index (κ1) is 13.1. The Morgan fingerprint density at radius 3 is 2.81 bits per heavy atom. The van der Waals surface area contributed by atoms with Crippen molar-refractivity contribution in [1.82, 2.24) is 10.3 Å². The predicted octanol–water partition coefficient (Wildman–Crippen LogP) is 2.32. The zero-order valence-electron chi connectivity index (χ0n) is 10.7. The predicted molar refractivity (Wildman–Crippen MR) is 66.4 cm³/mol. The molecule has 1 aromatic rings. The summed E-state index contributed by atoms with van der Waals surface area (Å²) in [6, 6.07) is 2.42. The molecule has 0 spiro atoms. The highest BCUT2D eigenvalue weighted by molar-refractivity contribution is 5.24. The van der Waals surface area contributed by atoms with E-state index in [4.69, 9.17) is 4.74 Å². The van der Waals surface area contributed by atoms with Crippen LogP contribution < -0.4 is 5.32 Å². The minimum atomic E-state index is 0.360. The van der Waals surface area contributed by atoms with Gasteiger partial charge in [0.25, 0.3) is 0 Å². The van der Waals surface area contributed by atoms with E-state index in [0.29, 0.717) is 12.0 Å². The van der Waals surface area contributed by atoms with Gasteiger partial charge in [-0.05, 0) is 43.5 Å². The molecule has 2 atom stereocenters. The number of pyridine rings is 1. The van der Waals surface area contributed by atoms with E-state index in [2.05, 4.69) is 30.2 Å². The van der Waals surface area contributed by atoms with Crippen LogP contribution in [0.1, 0.15) is 30.5 Å². The maximum Gasteiger partial charge on any atom is 0.0488 e. The fourth-order valence-electron chi connectivity index (χ4n) is 2.00. The summed E-state index contributed by atoms with van der Waals surface area (Å²) in [6.07, 6.45) is 4.86. The molecule has 0 amide bonds. The monoisotopic (exact) mass is 222 g/mol. The lowest BCUT2D eigenvalue weighted by atomic mass is 9.95. The van der Waals surface area contributed by atoms with Crippen molar-refractivity contribution in [2.24, 2.45) is 5.92 Å². The molecule has 0 fully saturated rings. The van der Waals surface area contributed by atoms with E-state index < -0.39 is 0 Å². The van der Waals surface area contributed by atoms with Crippen LogP contribution in [-0.4, -0.2) is 25.7 Å². The zero-order valence-corrected chi connectivity index (χ0v) is 10.7. The van der Waals surface area contributed by atoms with Gasteiger partial charge in [0.2, 0.25) is 0 Å². The van der Waals surface area contributed by atoms with Crippen LogP contribution in [0.2, 0.25) is 0 Å². The van der Waals surface area contributed by atoms with Gasteiger partial charge < -0.3 is 10.1 Å². The third kappa shape index (κ3) is 3.58. The highest BCUT2D eigenvalue weighted by Crippen LogP contribution is 2.23. The highest BCUT2D eigenvalue weighted by Gasteiger charge is 2.15. The Morgan fingerprint density at radius 1 is 1.50 bits per heavy atom. The molecule has 3 nitrogen and oxygen atoms in total. The number of hydrogen-bond donors (Lipinski definition) is 1. The third-order valence-corrected chi connectivity index (χ3v) is 2.89. The molecule has 90 valence electrons. The van der Waals surface area contributed by atoms with Crippen LogP contribution in [0, 0.1) is 12.8 Å². The summed E-state index contributed by atoms with van der Waals surface area (Å²) in [6.45, 7) is 5.14. The average molecular weight is 222 g/mol. The van der Waals surface area contributed by atoms with E-state index in [-0.39, 0.29) is 0 Å². The lowest BCUT2D eigenvalue weighted by Gasteiger charge is -2.21. The summed E-state index contributed by atoms with van der Waals surface area (Å²) in [5, 5.41) is 3.35. The van der Waals surface area contributed by atoms with Gasteiger partial charge in [-0.3, -0.25) is 4.98 Å². The molecule has 0 aliphatic heterocycles. The molecule has 1 aromatic heterocycles. The Bertz CT molecular complexity index is 315. The van der Waals surface area contributed by atoms with Gasteiger partial charge in [-0.2, -0.15) is 0 Å². The molecule has 1 rings (SSSR count). The van der Waals surface area contributed by atoms with Crippen LogP contribution in [0.15, 0.2) is 18.5 Å². The molecule has 1 heterocycles. The number of methoxy groups -OCH3 is 1. The second-order valence-corrected chi connectivity index (χ2v) is 4.37. The SMILES string of the molecule is CNC(CC(C)COC)c1cnccc1C. The van der Waals surface area contributed by atoms with E-state index in [1.165, 1.54) is 11.1 Å². The van der Waals surface area contributed by atoms with Crippen molar-refractivity contribution in [3.05, 3.63) is 29.6 Å². The molecule has 0 aliphatic carbocycles. The van der Waals surface area contributed by atoms with Crippen molar-refractivity contribution < 1.29 is 4.74 Å². The molecule has 0 aromatic carbocycles. The molecule has 0 saturated carbocycles. The van der Waals surface area contributed by atoms with Crippen LogP contribution in [0.25, 0.3) is 0 Å². The van der Waals surface area contributed by atoms with Gasteiger partial charge in [-0.25, -0.2) is 0 Å². The van der Waals surface area contributed by atoms with Crippen LogP contribution in [0.5, 0.6) is 0 Å². The van der Waals surface area contributed by atoms with Crippen molar-refractivity contribution >= 4 is 0 Å². The Morgan fingerprint density at radius 2 is 2.25 bits per heavy atom. The first-order valence-corrected chi connectivity index (χ1v) is 5.75. The molecule has 2 unspecified atom stereocenters. The van der Waals surface area contributed by atoms with Gasteiger partial charge in [0.05, 0.1) is 0 Å². The summed E-state index contributed by atoms with van der Waals surface area (Å²) in [5.41, 5.74) is 2.58. The fraction of sp³-hybridized carbons (Fsp3) is 0.615. The van der Waals surface area contributed by atoms with Crippen molar-refractivity contribution in [1.29, 1.82) is 0 Å². The normalized spacial score (nSPS) is 14.8. The Kier molecular flexibility index (Phi) is 5.43. The topological polar surface area (TPSA) is 34.1 Å². The molecule has 3 heteroatoms. The smallest absolute Gasteiger partial charge is 0.0488 e. The van der Waals surface area contributed by atoms with Crippen molar-refractivity contribution in [3.8, 4) is 0 Å². The number of nitrogens with one attached hydrogen (secondary N) is 1. The van der Waals surface area contributed by atoms with Crippen LogP contribution >= 0.6 is 0 Å². The van der Waals surface area contributed by atoms with Crippen LogP contribution in [-0.2, 0) is 4.74 Å². The Hall–Kier alpha value is -0.930. The number of ether oxygens (including phenoxy) is 1. The molecular weight excluding hydrogens is 200 g/mol. The van der Waals surface area contributed by atoms with Crippen LogP contribution in [0.3, 0.4) is 0 Å². The van der Waals surface area contributed by atoms with Crippen molar-refractivity contribution in [2.75, 3.05) is 20.8 Å². The lowest BCUT2D eigenvalue weighted by molar-refractivity contribution is 0.150. The molecular formula is C13H22N2O. The van der Waals surface area contributed by atoms with Gasteiger partial charge in [-0.15, -0.1) is 0 Å². The Balaban J connectivity index is 2.71. The molecule has 16 heavy (non-hydrogen) atoms. The van der Waals surface area contributed by atoms with Gasteiger partial charge >= 0.3 is 0 Å². The summed E-state index contributed by atoms with van der Waals surface area (Å²) in [5.74, 6) is 0.544. The minimum absolute atomic E-state index is 0.360. The van der Waals surface area contributed by atoms with E-state index in [0.717, 1.165) is 13.0 Å². The summed E-state index contributed by atoms with van der Waals surface area (Å²) >= 11 is 0. The van der Waals surface area contributed by atoms with E-state index in [1.54, 1.807) is 7.11 Å². The molecule has 1 N–H and O–H groups in total. The summed E-state index contributed by atoms with van der Waals surface area (Å²) < 4.78 is 5.17. The second-order valence-electron chi connectivity index (χ2n) is 4.37. The molecule has 0 saturated heterocycles. The molecule has 0 radical (unpaired) electrons. The largest absolute Gasteiger partial charge is 0.384 e. The third-order valence-electron chi connectivity index (χ3n) is 2.89. The van der Waals surface area contributed by atoms with Gasteiger partial charge in [0, 0.05) is 32.2 Å². The first-order valence-electron chi connectivity index (χ1n) is 5.75. The standard InChI is InChI=1S/C13H22N2O/c1-10(9-16-4)7-13(14-3)12-8-15-6-5-11(12)2/h5-6,8,10,13-14H,7,9H2,1-4H3. The maximum atomic E-state index is 5.17. The molecule has 0 aliphatic rings. The Labute approximate surface area is 98.2 Å². The highest BCUT2D eigenvalue weighted by atomic mass is 16.5. The summed E-state index contributed by atoms with van der Waals surface area (Å²) in [7, 11) is 3.75. The number of aromatic nitrogens is 1. The van der Waals surface area contributed by atoms with E-state index in [9.17, 15) is 0 Å². The van der Waals surface area contributed by atoms with Gasteiger partial charge in [0.1, 0.15) is 0 Å². The first-order chi connectivity index (χ1) is 7.69. The molecule has 0 bridgehead atoms. The van der Waals surface area contributed by atoms with Gasteiger partial charge in [-0.1, -0.05) is 6.92 Å². The number of aryl methyl sites for hydroxylation is 1. The minimum Gasteiger partial charge on any atom is -0.384 e. The lowest BCUT2D eigenvalue weighted by Crippen LogP contribution is -2.21.